The Hall–Kier alpha value is -2.04. The Morgan fingerprint density at radius 2 is 1.96 bits per heavy atom. The second-order valence-corrected chi connectivity index (χ2v) is 7.75. The number of methoxy groups -OCH3 is 1. The summed E-state index contributed by atoms with van der Waals surface area (Å²) in [4.78, 5) is 0. The van der Waals surface area contributed by atoms with E-state index in [-0.39, 0.29) is 12.4 Å². The van der Waals surface area contributed by atoms with E-state index < -0.39 is 0 Å². The first-order valence-electron chi connectivity index (χ1n) is 9.78. The number of benzene rings is 2. The van der Waals surface area contributed by atoms with Crippen LogP contribution in [0.3, 0.4) is 0 Å². The van der Waals surface area contributed by atoms with E-state index >= 15 is 0 Å². The molecule has 0 unspecified atom stereocenters. The topological polar surface area (TPSA) is 39.7 Å². The molecule has 1 N–H and O–H groups in total. The Kier molecular flexibility index (Phi) is 6.75. The number of fused-ring (bicyclic) bond motifs is 1. The lowest BCUT2D eigenvalue weighted by Gasteiger charge is -2.33. The van der Waals surface area contributed by atoms with Crippen LogP contribution in [0.2, 0.25) is 0 Å². The smallest absolute Gasteiger partial charge is 0.188 e. The minimum absolute atomic E-state index is 0.117. The van der Waals surface area contributed by atoms with Gasteiger partial charge >= 0.3 is 0 Å². The van der Waals surface area contributed by atoms with Crippen molar-refractivity contribution < 1.29 is 14.2 Å². The summed E-state index contributed by atoms with van der Waals surface area (Å²) in [5.74, 6) is 1.82. The van der Waals surface area contributed by atoms with E-state index in [1.807, 2.05) is 12.1 Å². The van der Waals surface area contributed by atoms with Gasteiger partial charge in [0, 0.05) is 19.7 Å². The number of hydrogen-bond acceptors (Lipinski definition) is 4. The van der Waals surface area contributed by atoms with Crippen LogP contribution in [-0.4, -0.2) is 26.0 Å². The van der Waals surface area contributed by atoms with Crippen molar-refractivity contribution in [3.8, 4) is 11.5 Å². The highest BCUT2D eigenvalue weighted by molar-refractivity contribution is 5.48. The van der Waals surface area contributed by atoms with Gasteiger partial charge in [-0.1, -0.05) is 30.3 Å². The predicted molar refractivity (Wildman–Crippen MR) is 108 cm³/mol. The van der Waals surface area contributed by atoms with Crippen molar-refractivity contribution in [1.29, 1.82) is 0 Å². The van der Waals surface area contributed by atoms with Gasteiger partial charge in [0.25, 0.3) is 0 Å². The molecule has 1 aliphatic heterocycles. The van der Waals surface area contributed by atoms with Gasteiger partial charge in [0.05, 0.1) is 0 Å². The van der Waals surface area contributed by atoms with Gasteiger partial charge in [0.1, 0.15) is 17.1 Å². The summed E-state index contributed by atoms with van der Waals surface area (Å²) >= 11 is 0. The van der Waals surface area contributed by atoms with Gasteiger partial charge in [-0.15, -0.1) is 0 Å². The number of nitrogens with one attached hydrogen (secondary N) is 1. The second-order valence-electron chi connectivity index (χ2n) is 7.75. The molecule has 2 aromatic carbocycles. The Bertz CT molecular complexity index is 728. The van der Waals surface area contributed by atoms with Gasteiger partial charge in [-0.05, 0) is 68.8 Å². The van der Waals surface area contributed by atoms with Crippen LogP contribution in [0, 0.1) is 0 Å². The van der Waals surface area contributed by atoms with E-state index in [0.717, 1.165) is 50.3 Å². The van der Waals surface area contributed by atoms with Crippen molar-refractivity contribution in [2.75, 3.05) is 20.4 Å². The van der Waals surface area contributed by atoms with Crippen molar-refractivity contribution in [3.63, 3.8) is 0 Å². The summed E-state index contributed by atoms with van der Waals surface area (Å²) in [6, 6.07) is 14.8. The fourth-order valence-corrected chi connectivity index (χ4v) is 3.42. The highest BCUT2D eigenvalue weighted by Crippen LogP contribution is 2.38. The van der Waals surface area contributed by atoms with E-state index in [0.29, 0.717) is 0 Å². The van der Waals surface area contributed by atoms with Crippen LogP contribution < -0.4 is 14.8 Å². The largest absolute Gasteiger partial charge is 0.487 e. The van der Waals surface area contributed by atoms with E-state index in [2.05, 4.69) is 49.5 Å². The molecule has 3 rings (SSSR count). The van der Waals surface area contributed by atoms with E-state index in [1.54, 1.807) is 7.11 Å². The molecule has 4 heteroatoms. The molecule has 4 nitrogen and oxygen atoms in total. The third kappa shape index (κ3) is 5.72. The minimum atomic E-state index is -0.117. The summed E-state index contributed by atoms with van der Waals surface area (Å²) in [5.41, 5.74) is 3.71. The van der Waals surface area contributed by atoms with Crippen molar-refractivity contribution >= 4 is 0 Å². The van der Waals surface area contributed by atoms with E-state index in [1.165, 1.54) is 16.7 Å². The van der Waals surface area contributed by atoms with Crippen molar-refractivity contribution in [2.45, 2.75) is 51.7 Å². The lowest BCUT2D eigenvalue weighted by Crippen LogP contribution is -2.32. The third-order valence-electron chi connectivity index (χ3n) is 4.93. The van der Waals surface area contributed by atoms with Gasteiger partial charge in [-0.25, -0.2) is 0 Å². The molecule has 27 heavy (non-hydrogen) atoms. The molecule has 146 valence electrons. The fraction of sp³-hybridized carbons (Fsp3) is 0.478. The average molecular weight is 370 g/mol. The van der Waals surface area contributed by atoms with Crippen molar-refractivity contribution in [3.05, 3.63) is 59.2 Å². The Balaban J connectivity index is 1.59. The SMILES string of the molecule is COCOc1cc2c(cc1CCCNCc1ccccc1)CCC(C)(C)O2. The van der Waals surface area contributed by atoms with Gasteiger partial charge in [-0.2, -0.15) is 0 Å². The predicted octanol–water partition coefficient (Wildman–Crippen LogP) is 4.50. The molecule has 1 heterocycles. The molecule has 0 bridgehead atoms. The van der Waals surface area contributed by atoms with Gasteiger partial charge < -0.3 is 19.5 Å². The maximum absolute atomic E-state index is 6.15. The molecular weight excluding hydrogens is 338 g/mol. The average Bonchev–Trinajstić information content (AvgIpc) is 2.66. The zero-order chi connectivity index (χ0) is 19.1. The lowest BCUT2D eigenvalue weighted by molar-refractivity contribution is 0.0489. The van der Waals surface area contributed by atoms with Crippen LogP contribution in [0.1, 0.15) is 43.4 Å². The standard InChI is InChI=1S/C23H31NO3/c1-23(2)12-11-20-14-19(21(26-17-25-3)15-22(20)27-23)10-7-13-24-16-18-8-5-4-6-9-18/h4-6,8-9,14-15,24H,7,10-13,16-17H2,1-3H3. The van der Waals surface area contributed by atoms with Crippen LogP contribution in [0.25, 0.3) is 0 Å². The molecule has 1 aliphatic rings. The molecular formula is C23H31NO3. The van der Waals surface area contributed by atoms with Crippen LogP contribution in [0.5, 0.6) is 11.5 Å². The molecule has 0 spiro atoms. The molecule has 0 saturated carbocycles. The number of aryl methyl sites for hydroxylation is 2. The molecule has 0 radical (unpaired) electrons. The highest BCUT2D eigenvalue weighted by atomic mass is 16.7. The molecule has 2 aromatic rings. The Morgan fingerprint density at radius 3 is 2.74 bits per heavy atom. The molecule has 0 fully saturated rings. The van der Waals surface area contributed by atoms with Gasteiger partial charge in [-0.3, -0.25) is 0 Å². The maximum atomic E-state index is 6.15. The normalized spacial score (nSPS) is 15.1. The van der Waals surface area contributed by atoms with E-state index in [4.69, 9.17) is 14.2 Å². The molecule has 0 aliphatic carbocycles. The zero-order valence-corrected chi connectivity index (χ0v) is 16.7. The zero-order valence-electron chi connectivity index (χ0n) is 16.7. The van der Waals surface area contributed by atoms with E-state index in [9.17, 15) is 0 Å². The number of hydrogen-bond donors (Lipinski definition) is 1. The summed E-state index contributed by atoms with van der Waals surface area (Å²) < 4.78 is 17.1. The maximum Gasteiger partial charge on any atom is 0.188 e. The summed E-state index contributed by atoms with van der Waals surface area (Å²) in [7, 11) is 1.64. The molecule has 0 amide bonds. The van der Waals surface area contributed by atoms with Crippen molar-refractivity contribution in [2.24, 2.45) is 0 Å². The summed E-state index contributed by atoms with van der Waals surface area (Å²) in [6.45, 7) is 6.40. The van der Waals surface area contributed by atoms with Gasteiger partial charge in [0.15, 0.2) is 6.79 Å². The fourth-order valence-electron chi connectivity index (χ4n) is 3.42. The number of ether oxygens (including phenoxy) is 3. The Labute approximate surface area is 162 Å². The first-order valence-corrected chi connectivity index (χ1v) is 9.78. The lowest BCUT2D eigenvalue weighted by atomic mass is 9.92. The highest BCUT2D eigenvalue weighted by Gasteiger charge is 2.27. The Morgan fingerprint density at radius 1 is 1.15 bits per heavy atom. The molecule has 0 saturated heterocycles. The second kappa shape index (κ2) is 9.25. The quantitative estimate of drug-likeness (QED) is 0.522. The molecule has 0 aromatic heterocycles. The summed E-state index contributed by atoms with van der Waals surface area (Å²) in [6.07, 6.45) is 4.11. The van der Waals surface area contributed by atoms with Gasteiger partial charge in [0.2, 0.25) is 0 Å². The van der Waals surface area contributed by atoms with Crippen LogP contribution in [0.4, 0.5) is 0 Å². The minimum Gasteiger partial charge on any atom is -0.487 e. The monoisotopic (exact) mass is 369 g/mol. The van der Waals surface area contributed by atoms with Crippen LogP contribution in [-0.2, 0) is 24.1 Å². The third-order valence-corrected chi connectivity index (χ3v) is 4.93. The van der Waals surface area contributed by atoms with Crippen molar-refractivity contribution in [1.82, 2.24) is 5.32 Å². The van der Waals surface area contributed by atoms with Crippen LogP contribution in [0.15, 0.2) is 42.5 Å². The first-order chi connectivity index (χ1) is 13.1. The first kappa shape index (κ1) is 19.7. The number of rotatable bonds is 9. The van der Waals surface area contributed by atoms with Crippen LogP contribution >= 0.6 is 0 Å². The summed E-state index contributed by atoms with van der Waals surface area (Å²) in [5, 5.41) is 3.52. The molecule has 0 atom stereocenters.